The smallest absolute Gasteiger partial charge is 0.315 e. The van der Waals surface area contributed by atoms with Crippen molar-refractivity contribution in [2.45, 2.75) is 37.1 Å². The SMILES string of the molecule is O=C1NCC2(CCC(c3ccc(Cl)s3)CC2)N1. The highest BCUT2D eigenvalue weighted by molar-refractivity contribution is 7.16. The number of rotatable bonds is 1. The van der Waals surface area contributed by atoms with Crippen molar-refractivity contribution < 1.29 is 4.79 Å². The molecule has 1 saturated heterocycles. The number of halogens is 1. The van der Waals surface area contributed by atoms with Crippen molar-refractivity contribution in [2.24, 2.45) is 0 Å². The van der Waals surface area contributed by atoms with Gasteiger partial charge in [0.05, 0.1) is 9.88 Å². The fraction of sp³-hybridized carbons (Fsp3) is 0.583. The van der Waals surface area contributed by atoms with Gasteiger partial charge in [0.15, 0.2) is 0 Å². The maximum Gasteiger partial charge on any atom is 0.315 e. The molecule has 3 rings (SSSR count). The number of urea groups is 1. The maximum atomic E-state index is 11.2. The molecule has 92 valence electrons. The minimum Gasteiger partial charge on any atom is -0.336 e. The van der Waals surface area contributed by atoms with Crippen molar-refractivity contribution >= 4 is 29.0 Å². The van der Waals surface area contributed by atoms with Gasteiger partial charge in [0.2, 0.25) is 0 Å². The van der Waals surface area contributed by atoms with Crippen LogP contribution in [0.5, 0.6) is 0 Å². The third-order valence-electron chi connectivity index (χ3n) is 3.91. The van der Waals surface area contributed by atoms with E-state index < -0.39 is 0 Å². The predicted octanol–water partition coefficient (Wildman–Crippen LogP) is 3.11. The zero-order valence-corrected chi connectivity index (χ0v) is 11.0. The van der Waals surface area contributed by atoms with Crippen LogP contribution in [0.1, 0.15) is 36.5 Å². The molecule has 1 aromatic rings. The average Bonchev–Trinajstić information content (AvgIpc) is 2.88. The lowest BCUT2D eigenvalue weighted by Crippen LogP contribution is -2.46. The van der Waals surface area contributed by atoms with Crippen molar-refractivity contribution in [1.29, 1.82) is 0 Å². The van der Waals surface area contributed by atoms with Crippen molar-refractivity contribution in [1.82, 2.24) is 10.6 Å². The van der Waals surface area contributed by atoms with E-state index in [9.17, 15) is 4.79 Å². The van der Waals surface area contributed by atoms with Crippen LogP contribution in [-0.2, 0) is 0 Å². The first kappa shape index (κ1) is 11.4. The van der Waals surface area contributed by atoms with Crippen LogP contribution in [0.4, 0.5) is 4.79 Å². The second kappa shape index (κ2) is 4.18. The highest BCUT2D eigenvalue weighted by atomic mass is 35.5. The standard InChI is InChI=1S/C12H15ClN2OS/c13-10-2-1-9(17-10)8-3-5-12(6-4-8)7-14-11(16)15-12/h1-2,8H,3-7H2,(H2,14,15,16). The topological polar surface area (TPSA) is 41.1 Å². The van der Waals surface area contributed by atoms with Gasteiger partial charge in [-0.1, -0.05) is 11.6 Å². The third-order valence-corrected chi connectivity index (χ3v) is 5.30. The van der Waals surface area contributed by atoms with Gasteiger partial charge in [-0.3, -0.25) is 0 Å². The van der Waals surface area contributed by atoms with E-state index in [-0.39, 0.29) is 11.6 Å². The summed E-state index contributed by atoms with van der Waals surface area (Å²) in [6.07, 6.45) is 4.40. The molecule has 1 spiro atoms. The summed E-state index contributed by atoms with van der Waals surface area (Å²) < 4.78 is 0.871. The van der Waals surface area contributed by atoms with Crippen molar-refractivity contribution in [3.8, 4) is 0 Å². The Morgan fingerprint density at radius 3 is 2.65 bits per heavy atom. The number of nitrogens with one attached hydrogen (secondary N) is 2. The summed E-state index contributed by atoms with van der Waals surface area (Å²) in [6.45, 7) is 0.781. The minimum atomic E-state index is -0.0115. The van der Waals surface area contributed by atoms with Gasteiger partial charge in [-0.05, 0) is 43.7 Å². The summed E-state index contributed by atoms with van der Waals surface area (Å²) in [5, 5.41) is 5.94. The van der Waals surface area contributed by atoms with Gasteiger partial charge >= 0.3 is 6.03 Å². The first-order chi connectivity index (χ1) is 8.17. The van der Waals surface area contributed by atoms with Gasteiger partial charge in [0, 0.05) is 11.4 Å². The minimum absolute atomic E-state index is 0.0115. The molecule has 0 unspecified atom stereocenters. The number of amides is 2. The first-order valence-electron chi connectivity index (χ1n) is 5.98. The summed E-state index contributed by atoms with van der Waals surface area (Å²) in [6, 6.07) is 4.11. The molecule has 1 aliphatic heterocycles. The Hall–Kier alpha value is -0.740. The Morgan fingerprint density at radius 1 is 1.35 bits per heavy atom. The first-order valence-corrected chi connectivity index (χ1v) is 7.18. The molecule has 2 N–H and O–H groups in total. The van der Waals surface area contributed by atoms with Crippen molar-refractivity contribution in [3.63, 3.8) is 0 Å². The van der Waals surface area contributed by atoms with Gasteiger partial charge in [0.1, 0.15) is 0 Å². The summed E-state index contributed by atoms with van der Waals surface area (Å²) >= 11 is 7.66. The van der Waals surface area contributed by atoms with Crippen LogP contribution in [0.3, 0.4) is 0 Å². The number of carbonyl (C=O) groups excluding carboxylic acids is 1. The largest absolute Gasteiger partial charge is 0.336 e. The lowest BCUT2D eigenvalue weighted by molar-refractivity contribution is 0.232. The van der Waals surface area contributed by atoms with Gasteiger partial charge in [-0.15, -0.1) is 11.3 Å². The summed E-state index contributed by atoms with van der Waals surface area (Å²) in [5.74, 6) is 0.621. The van der Waals surface area contributed by atoms with Crippen LogP contribution in [0.25, 0.3) is 0 Å². The zero-order chi connectivity index (χ0) is 11.9. The van der Waals surface area contributed by atoms with Crippen LogP contribution in [0.15, 0.2) is 12.1 Å². The van der Waals surface area contributed by atoms with Crippen molar-refractivity contribution in [3.05, 3.63) is 21.3 Å². The van der Waals surface area contributed by atoms with E-state index in [1.54, 1.807) is 11.3 Å². The Balaban J connectivity index is 1.66. The summed E-state index contributed by atoms with van der Waals surface area (Å²) in [4.78, 5) is 12.6. The zero-order valence-electron chi connectivity index (χ0n) is 9.46. The molecule has 0 atom stereocenters. The fourth-order valence-corrected chi connectivity index (χ4v) is 4.11. The lowest BCUT2D eigenvalue weighted by atomic mass is 9.76. The number of hydrogen-bond acceptors (Lipinski definition) is 2. The predicted molar refractivity (Wildman–Crippen MR) is 69.8 cm³/mol. The molecule has 0 aromatic carbocycles. The molecule has 3 nitrogen and oxygen atoms in total. The Morgan fingerprint density at radius 2 is 2.12 bits per heavy atom. The van der Waals surface area contributed by atoms with E-state index in [0.29, 0.717) is 5.92 Å². The molecular formula is C12H15ClN2OS. The normalized spacial score (nSPS) is 32.5. The quantitative estimate of drug-likeness (QED) is 0.809. The van der Waals surface area contributed by atoms with Crippen LogP contribution >= 0.6 is 22.9 Å². The van der Waals surface area contributed by atoms with E-state index >= 15 is 0 Å². The highest BCUT2D eigenvalue weighted by Crippen LogP contribution is 2.41. The molecular weight excluding hydrogens is 256 g/mol. The van der Waals surface area contributed by atoms with Gasteiger partial charge in [-0.2, -0.15) is 0 Å². The van der Waals surface area contributed by atoms with Crippen LogP contribution in [0, 0.1) is 0 Å². The van der Waals surface area contributed by atoms with Crippen LogP contribution in [0.2, 0.25) is 4.34 Å². The van der Waals surface area contributed by atoms with Crippen LogP contribution in [-0.4, -0.2) is 18.1 Å². The van der Waals surface area contributed by atoms with E-state index in [2.05, 4.69) is 16.7 Å². The summed E-state index contributed by atoms with van der Waals surface area (Å²) in [5.41, 5.74) is 0.0225. The van der Waals surface area contributed by atoms with Crippen molar-refractivity contribution in [2.75, 3.05) is 6.54 Å². The molecule has 1 aliphatic carbocycles. The summed E-state index contributed by atoms with van der Waals surface area (Å²) in [7, 11) is 0. The molecule has 0 radical (unpaired) electrons. The molecule has 2 amide bonds. The van der Waals surface area contributed by atoms with Gasteiger partial charge in [-0.25, -0.2) is 4.79 Å². The number of hydrogen-bond donors (Lipinski definition) is 2. The Kier molecular flexibility index (Phi) is 2.79. The Labute approximate surface area is 110 Å². The van der Waals surface area contributed by atoms with Crippen LogP contribution < -0.4 is 10.6 Å². The molecule has 1 aromatic heterocycles. The highest BCUT2D eigenvalue weighted by Gasteiger charge is 2.41. The monoisotopic (exact) mass is 270 g/mol. The maximum absolute atomic E-state index is 11.2. The second-order valence-corrected chi connectivity index (χ2v) is 6.75. The molecule has 2 aliphatic rings. The fourth-order valence-electron chi connectivity index (χ4n) is 2.88. The second-order valence-electron chi connectivity index (χ2n) is 5.00. The number of thiophene rings is 1. The molecule has 5 heteroatoms. The van der Waals surface area contributed by atoms with Gasteiger partial charge in [0.25, 0.3) is 0 Å². The van der Waals surface area contributed by atoms with E-state index in [1.807, 2.05) is 6.07 Å². The third kappa shape index (κ3) is 2.16. The average molecular weight is 271 g/mol. The molecule has 1 saturated carbocycles. The Bertz CT molecular complexity index is 437. The van der Waals surface area contributed by atoms with E-state index in [4.69, 9.17) is 11.6 Å². The molecule has 2 fully saturated rings. The molecule has 2 heterocycles. The van der Waals surface area contributed by atoms with E-state index in [1.165, 1.54) is 4.88 Å². The molecule has 0 bridgehead atoms. The lowest BCUT2D eigenvalue weighted by Gasteiger charge is -2.35. The molecule has 17 heavy (non-hydrogen) atoms. The van der Waals surface area contributed by atoms with E-state index in [0.717, 1.165) is 36.6 Å². The number of carbonyl (C=O) groups is 1. The van der Waals surface area contributed by atoms with Gasteiger partial charge < -0.3 is 10.6 Å².